The predicted molar refractivity (Wildman–Crippen MR) is 122 cm³/mol. The third kappa shape index (κ3) is 4.43. The summed E-state index contributed by atoms with van der Waals surface area (Å²) in [7, 11) is 1.85. The van der Waals surface area contributed by atoms with Gasteiger partial charge in [0.05, 0.1) is 24.0 Å². The van der Waals surface area contributed by atoms with Gasteiger partial charge in [-0.15, -0.1) is 0 Å². The van der Waals surface area contributed by atoms with E-state index in [2.05, 4.69) is 26.1 Å². The van der Waals surface area contributed by atoms with E-state index >= 15 is 0 Å². The molecule has 5 rings (SSSR count). The number of amides is 1. The summed E-state index contributed by atoms with van der Waals surface area (Å²) in [5, 5.41) is 4.29. The number of carbonyl (C=O) groups is 1. The SMILES string of the molecule is Cn1cc(N(c2ccnc(C3CC3)c2)c2ncc(-c3ccc(CC(N)=O)c(F)c3)cn2)cn1. The Morgan fingerprint density at radius 2 is 1.88 bits per heavy atom. The quantitative estimate of drug-likeness (QED) is 0.466. The van der Waals surface area contributed by atoms with Crippen molar-refractivity contribution in [2.24, 2.45) is 12.8 Å². The van der Waals surface area contributed by atoms with Crippen LogP contribution < -0.4 is 10.6 Å². The summed E-state index contributed by atoms with van der Waals surface area (Å²) in [4.78, 5) is 26.7. The maximum atomic E-state index is 14.4. The minimum absolute atomic E-state index is 0.142. The number of aryl methyl sites for hydroxylation is 1. The molecule has 4 aromatic rings. The molecular weight excluding hydrogens is 421 g/mol. The van der Waals surface area contributed by atoms with Crippen LogP contribution in [-0.4, -0.2) is 30.6 Å². The zero-order chi connectivity index (χ0) is 22.9. The van der Waals surface area contributed by atoms with E-state index in [0.29, 0.717) is 23.0 Å². The number of halogens is 1. The van der Waals surface area contributed by atoms with Gasteiger partial charge < -0.3 is 5.73 Å². The summed E-state index contributed by atoms with van der Waals surface area (Å²) < 4.78 is 16.1. The van der Waals surface area contributed by atoms with Crippen molar-refractivity contribution < 1.29 is 9.18 Å². The number of nitrogens with two attached hydrogens (primary N) is 1. The van der Waals surface area contributed by atoms with Crippen molar-refractivity contribution in [3.63, 3.8) is 0 Å². The first kappa shape index (κ1) is 20.7. The molecular formula is C24H22FN7O. The molecule has 166 valence electrons. The van der Waals surface area contributed by atoms with E-state index in [9.17, 15) is 9.18 Å². The Morgan fingerprint density at radius 3 is 2.52 bits per heavy atom. The van der Waals surface area contributed by atoms with Crippen LogP contribution in [0.2, 0.25) is 0 Å². The highest BCUT2D eigenvalue weighted by molar-refractivity contribution is 5.77. The molecule has 0 spiro atoms. The van der Waals surface area contributed by atoms with Crippen LogP contribution in [-0.2, 0) is 18.3 Å². The number of hydrogen-bond donors (Lipinski definition) is 1. The van der Waals surface area contributed by atoms with Crippen LogP contribution in [0.1, 0.15) is 30.0 Å². The van der Waals surface area contributed by atoms with Crippen molar-refractivity contribution in [1.82, 2.24) is 24.7 Å². The van der Waals surface area contributed by atoms with Gasteiger partial charge in [0, 0.05) is 49.0 Å². The lowest BCUT2D eigenvalue weighted by molar-refractivity contribution is -0.117. The fourth-order valence-electron chi connectivity index (χ4n) is 3.73. The van der Waals surface area contributed by atoms with Gasteiger partial charge in [-0.05, 0) is 42.2 Å². The lowest BCUT2D eigenvalue weighted by Gasteiger charge is -2.21. The molecule has 3 heterocycles. The normalized spacial score (nSPS) is 13.2. The minimum Gasteiger partial charge on any atom is -0.369 e. The van der Waals surface area contributed by atoms with Gasteiger partial charge in [0.15, 0.2) is 0 Å². The number of primary amides is 1. The van der Waals surface area contributed by atoms with Crippen molar-refractivity contribution >= 4 is 23.2 Å². The van der Waals surface area contributed by atoms with Crippen molar-refractivity contribution in [2.45, 2.75) is 25.2 Å². The van der Waals surface area contributed by atoms with E-state index in [4.69, 9.17) is 5.73 Å². The maximum Gasteiger partial charge on any atom is 0.234 e. The molecule has 0 unspecified atom stereocenters. The maximum absolute atomic E-state index is 14.4. The first-order valence-electron chi connectivity index (χ1n) is 10.6. The van der Waals surface area contributed by atoms with Crippen LogP contribution in [0.3, 0.4) is 0 Å². The molecule has 9 heteroatoms. The number of benzene rings is 1. The third-order valence-corrected chi connectivity index (χ3v) is 5.56. The molecule has 0 atom stereocenters. The third-order valence-electron chi connectivity index (χ3n) is 5.56. The number of carbonyl (C=O) groups excluding carboxylic acids is 1. The van der Waals surface area contributed by atoms with Gasteiger partial charge in [-0.1, -0.05) is 12.1 Å². The number of rotatable bonds is 7. The molecule has 1 aromatic carbocycles. The molecule has 1 aliphatic carbocycles. The first-order valence-corrected chi connectivity index (χ1v) is 10.6. The standard InChI is InChI=1S/C24H22FN7O/c1-31-14-20(13-30-31)32(19-6-7-27-22(10-19)15-2-3-15)24-28-11-18(12-29-24)16-4-5-17(9-23(26)33)21(25)8-16/h4-8,10-15H,2-3,9H2,1H3,(H2,26,33). The summed E-state index contributed by atoms with van der Waals surface area (Å²) in [5.74, 6) is -0.0931. The van der Waals surface area contributed by atoms with Gasteiger partial charge >= 0.3 is 0 Å². The van der Waals surface area contributed by atoms with Crippen LogP contribution in [0, 0.1) is 5.82 Å². The van der Waals surface area contributed by atoms with Gasteiger partial charge in [0.1, 0.15) is 5.82 Å². The van der Waals surface area contributed by atoms with Gasteiger partial charge in [-0.25, -0.2) is 14.4 Å². The minimum atomic E-state index is -0.578. The molecule has 3 aromatic heterocycles. The van der Waals surface area contributed by atoms with Crippen LogP contribution in [0.4, 0.5) is 21.7 Å². The van der Waals surface area contributed by atoms with Crippen LogP contribution in [0.5, 0.6) is 0 Å². The highest BCUT2D eigenvalue weighted by atomic mass is 19.1. The van der Waals surface area contributed by atoms with Crippen LogP contribution in [0.15, 0.2) is 61.3 Å². The summed E-state index contributed by atoms with van der Waals surface area (Å²) >= 11 is 0. The smallest absolute Gasteiger partial charge is 0.234 e. The molecule has 0 radical (unpaired) electrons. The first-order chi connectivity index (χ1) is 16.0. The number of hydrogen-bond acceptors (Lipinski definition) is 6. The largest absolute Gasteiger partial charge is 0.369 e. The second-order valence-corrected chi connectivity index (χ2v) is 8.14. The summed E-state index contributed by atoms with van der Waals surface area (Å²) in [6.45, 7) is 0. The fourth-order valence-corrected chi connectivity index (χ4v) is 3.73. The number of anilines is 3. The zero-order valence-corrected chi connectivity index (χ0v) is 18.0. The van der Waals surface area contributed by atoms with E-state index < -0.39 is 11.7 Å². The molecule has 33 heavy (non-hydrogen) atoms. The molecule has 1 fully saturated rings. The average Bonchev–Trinajstić information content (AvgIpc) is 3.57. The lowest BCUT2D eigenvalue weighted by atomic mass is 10.0. The highest BCUT2D eigenvalue weighted by Crippen LogP contribution is 2.41. The molecule has 8 nitrogen and oxygen atoms in total. The Kier molecular flexibility index (Phi) is 5.29. The van der Waals surface area contributed by atoms with Gasteiger partial charge in [-0.2, -0.15) is 5.10 Å². The highest BCUT2D eigenvalue weighted by Gasteiger charge is 2.26. The van der Waals surface area contributed by atoms with Gasteiger partial charge in [0.25, 0.3) is 0 Å². The topological polar surface area (TPSA) is 103 Å². The summed E-state index contributed by atoms with van der Waals surface area (Å²) in [6.07, 6.45) is 10.9. The number of aromatic nitrogens is 5. The van der Waals surface area contributed by atoms with Crippen molar-refractivity contribution in [1.29, 1.82) is 0 Å². The molecule has 0 bridgehead atoms. The van der Waals surface area contributed by atoms with E-state index in [0.717, 1.165) is 29.9 Å². The Hall–Kier alpha value is -4.14. The lowest BCUT2D eigenvalue weighted by Crippen LogP contribution is -2.14. The number of nitrogens with zero attached hydrogens (tertiary/aromatic N) is 6. The zero-order valence-electron chi connectivity index (χ0n) is 18.0. The molecule has 0 saturated heterocycles. The molecule has 1 aliphatic rings. The van der Waals surface area contributed by atoms with E-state index in [1.165, 1.54) is 6.07 Å². The van der Waals surface area contributed by atoms with E-state index in [1.54, 1.807) is 41.6 Å². The average molecular weight is 443 g/mol. The molecule has 1 amide bonds. The van der Waals surface area contributed by atoms with Gasteiger partial charge in [-0.3, -0.25) is 19.4 Å². The van der Waals surface area contributed by atoms with E-state index in [1.807, 2.05) is 24.2 Å². The summed E-state index contributed by atoms with van der Waals surface area (Å²) in [6, 6.07) is 8.63. The molecule has 1 saturated carbocycles. The second-order valence-electron chi connectivity index (χ2n) is 8.14. The fraction of sp³-hybridized carbons (Fsp3) is 0.208. The van der Waals surface area contributed by atoms with Crippen molar-refractivity contribution in [3.8, 4) is 11.1 Å². The van der Waals surface area contributed by atoms with E-state index in [-0.39, 0.29) is 12.0 Å². The Bertz CT molecular complexity index is 1310. The van der Waals surface area contributed by atoms with Crippen molar-refractivity contribution in [2.75, 3.05) is 4.90 Å². The Labute approximate surface area is 189 Å². The summed E-state index contributed by atoms with van der Waals surface area (Å²) in [5.41, 5.74) is 9.48. The van der Waals surface area contributed by atoms with Gasteiger partial charge in [0.2, 0.25) is 11.9 Å². The molecule has 0 aliphatic heterocycles. The predicted octanol–water partition coefficient (Wildman–Crippen LogP) is 3.79. The monoisotopic (exact) mass is 443 g/mol. The molecule has 2 N–H and O–H groups in total. The Balaban J connectivity index is 1.49. The van der Waals surface area contributed by atoms with Crippen molar-refractivity contribution in [3.05, 3.63) is 78.4 Å². The number of pyridine rings is 1. The van der Waals surface area contributed by atoms with Crippen LogP contribution in [0.25, 0.3) is 11.1 Å². The Morgan fingerprint density at radius 1 is 1.09 bits per heavy atom. The second kappa shape index (κ2) is 8.42. The van der Waals surface area contributed by atoms with Crippen LogP contribution >= 0.6 is 0 Å².